The number of benzene rings is 3. The number of ether oxygens (including phenoxy) is 2. The van der Waals surface area contributed by atoms with Crippen LogP contribution in [0.15, 0.2) is 42.5 Å². The highest BCUT2D eigenvalue weighted by Crippen LogP contribution is 2.49. The number of methoxy groups -OCH3 is 2. The summed E-state index contributed by atoms with van der Waals surface area (Å²) in [7, 11) is 12.8. The molecule has 1 heterocycles. The van der Waals surface area contributed by atoms with Crippen molar-refractivity contribution in [3.05, 3.63) is 59.2 Å². The van der Waals surface area contributed by atoms with Crippen molar-refractivity contribution in [2.24, 2.45) is 0 Å². The molecule has 32 heavy (non-hydrogen) atoms. The number of aldehydes is 1. The van der Waals surface area contributed by atoms with Crippen LogP contribution in [0.3, 0.4) is 0 Å². The van der Waals surface area contributed by atoms with Gasteiger partial charge in [-0.2, -0.15) is 0 Å². The summed E-state index contributed by atoms with van der Waals surface area (Å²) in [5.74, 6) is 1.52. The molecule has 1 N–H and O–H groups in total. The highest BCUT2D eigenvalue weighted by Gasteiger charge is 2.32. The fourth-order valence-electron chi connectivity index (χ4n) is 3.88. The zero-order chi connectivity index (χ0) is 23.6. The Hall–Kier alpha value is -2.18. The molecule has 0 bridgehead atoms. The molecule has 5 nitrogen and oxygen atoms in total. The van der Waals surface area contributed by atoms with Gasteiger partial charge >= 0.3 is 0 Å². The number of hydrogen-bond acceptors (Lipinski definition) is 5. The van der Waals surface area contributed by atoms with Crippen LogP contribution in [0.2, 0.25) is 0 Å². The third-order valence-electron chi connectivity index (χ3n) is 5.60. The standard InChI is InChI=1S/C18H19NO3.C6H9OP3/c1-11-5-8-16(22-4)17-14(10-20)13-7-6-12(21-3)9-15(13)19(2)18(11)17;7-5-3(8)1-2-4(9)6(5)10/h5-10,14H,1-4H3;1-2,7H,8-10H2. The number of fused-ring (bicyclic) bond motifs is 2. The number of hydrogen-bond donors (Lipinski definition) is 1. The van der Waals surface area contributed by atoms with E-state index < -0.39 is 0 Å². The van der Waals surface area contributed by atoms with Crippen LogP contribution < -0.4 is 30.3 Å². The Morgan fingerprint density at radius 2 is 1.69 bits per heavy atom. The van der Waals surface area contributed by atoms with E-state index >= 15 is 0 Å². The van der Waals surface area contributed by atoms with Crippen molar-refractivity contribution >= 4 is 61.3 Å². The Kier molecular flexibility index (Phi) is 7.78. The maximum Gasteiger partial charge on any atom is 0.132 e. The highest BCUT2D eigenvalue weighted by molar-refractivity contribution is 7.36. The minimum Gasteiger partial charge on any atom is -0.507 e. The third kappa shape index (κ3) is 4.48. The quantitative estimate of drug-likeness (QED) is 0.454. The predicted molar refractivity (Wildman–Crippen MR) is 143 cm³/mol. The first-order valence-corrected chi connectivity index (χ1v) is 11.6. The number of aromatic hydroxyl groups is 1. The SMILES string of the molecule is COc1ccc2c(c1)N(C)c1c(C)ccc(OC)c1C2C=O.Oc1c(P)ccc(P)c1P. The van der Waals surface area contributed by atoms with E-state index in [1.165, 1.54) is 0 Å². The monoisotopic (exact) mass is 487 g/mol. The largest absolute Gasteiger partial charge is 0.507 e. The van der Waals surface area contributed by atoms with Crippen molar-refractivity contribution in [1.82, 2.24) is 0 Å². The number of rotatable bonds is 3. The number of carbonyl (C=O) groups excluding carboxylic acids is 1. The molecule has 0 radical (unpaired) electrons. The van der Waals surface area contributed by atoms with Gasteiger partial charge in [0.2, 0.25) is 0 Å². The van der Waals surface area contributed by atoms with Gasteiger partial charge in [-0.25, -0.2) is 0 Å². The molecule has 1 aliphatic heterocycles. The summed E-state index contributed by atoms with van der Waals surface area (Å²) in [4.78, 5) is 13.9. The van der Waals surface area contributed by atoms with Crippen LogP contribution in [0.4, 0.5) is 11.4 Å². The predicted octanol–water partition coefficient (Wildman–Crippen LogP) is 3.32. The molecule has 1 aliphatic rings. The van der Waals surface area contributed by atoms with Crippen LogP contribution in [-0.2, 0) is 4.79 Å². The van der Waals surface area contributed by atoms with Gasteiger partial charge in [0.15, 0.2) is 0 Å². The van der Waals surface area contributed by atoms with Crippen LogP contribution in [0.1, 0.15) is 22.6 Å². The Balaban J connectivity index is 0.000000243. The average molecular weight is 487 g/mol. The number of aryl methyl sites for hydroxylation is 1. The Bertz CT molecular complexity index is 1140. The van der Waals surface area contributed by atoms with Gasteiger partial charge in [-0.3, -0.25) is 0 Å². The molecule has 8 heteroatoms. The second-order valence-corrected chi connectivity index (χ2v) is 9.27. The summed E-state index contributed by atoms with van der Waals surface area (Å²) in [6.45, 7) is 2.04. The third-order valence-corrected chi connectivity index (χ3v) is 7.51. The first-order valence-electron chi connectivity index (χ1n) is 9.91. The molecule has 0 saturated heterocycles. The van der Waals surface area contributed by atoms with Gasteiger partial charge < -0.3 is 24.3 Å². The topological polar surface area (TPSA) is 59.0 Å². The van der Waals surface area contributed by atoms with E-state index in [0.717, 1.165) is 61.8 Å². The molecule has 0 fully saturated rings. The molecular weight excluding hydrogens is 459 g/mol. The molecule has 4 atom stereocenters. The number of carbonyl (C=O) groups is 1. The van der Waals surface area contributed by atoms with Crippen LogP contribution in [0.25, 0.3) is 0 Å². The normalized spacial score (nSPS) is 14.0. The number of nitrogens with zero attached hydrogens (tertiary/aromatic N) is 1. The Labute approximate surface area is 196 Å². The molecule has 0 saturated carbocycles. The zero-order valence-corrected chi connectivity index (χ0v) is 22.0. The fraction of sp³-hybridized carbons (Fsp3) is 0.208. The first kappa shape index (κ1) is 24.5. The van der Waals surface area contributed by atoms with Crippen molar-refractivity contribution in [3.63, 3.8) is 0 Å². The van der Waals surface area contributed by atoms with E-state index in [9.17, 15) is 9.90 Å². The van der Waals surface area contributed by atoms with E-state index in [1.807, 2.05) is 56.4 Å². The lowest BCUT2D eigenvalue weighted by Crippen LogP contribution is -2.24. The highest BCUT2D eigenvalue weighted by atomic mass is 31.0. The summed E-state index contributed by atoms with van der Waals surface area (Å²) in [6.07, 6.45) is 0.985. The molecule has 3 aromatic carbocycles. The Morgan fingerprint density at radius 3 is 2.28 bits per heavy atom. The van der Waals surface area contributed by atoms with E-state index in [0.29, 0.717) is 5.75 Å². The van der Waals surface area contributed by atoms with Gasteiger partial charge in [0.25, 0.3) is 0 Å². The lowest BCUT2D eigenvalue weighted by atomic mass is 9.84. The maximum atomic E-state index is 11.8. The van der Waals surface area contributed by atoms with Crippen molar-refractivity contribution < 1.29 is 19.4 Å². The summed E-state index contributed by atoms with van der Waals surface area (Å²) >= 11 is 0. The van der Waals surface area contributed by atoms with Crippen molar-refractivity contribution in [2.75, 3.05) is 26.2 Å². The molecule has 0 spiro atoms. The Morgan fingerprint density at radius 1 is 1.00 bits per heavy atom. The van der Waals surface area contributed by atoms with Gasteiger partial charge in [-0.1, -0.05) is 24.3 Å². The summed E-state index contributed by atoms with van der Waals surface area (Å²) in [6, 6.07) is 13.5. The van der Waals surface area contributed by atoms with E-state index in [-0.39, 0.29) is 5.92 Å². The van der Waals surface area contributed by atoms with Gasteiger partial charge in [0, 0.05) is 35.0 Å². The molecule has 3 aromatic rings. The lowest BCUT2D eigenvalue weighted by molar-refractivity contribution is -0.108. The molecule has 168 valence electrons. The second kappa shape index (κ2) is 10.2. The second-order valence-electron chi connectivity index (χ2n) is 7.45. The van der Waals surface area contributed by atoms with Gasteiger partial charge in [0.05, 0.1) is 25.8 Å². The van der Waals surface area contributed by atoms with Crippen LogP contribution in [0, 0.1) is 6.92 Å². The zero-order valence-electron chi connectivity index (χ0n) is 18.5. The molecule has 0 amide bonds. The van der Waals surface area contributed by atoms with E-state index in [2.05, 4.69) is 32.6 Å². The molecule has 0 aromatic heterocycles. The van der Waals surface area contributed by atoms with Crippen molar-refractivity contribution in [2.45, 2.75) is 12.8 Å². The summed E-state index contributed by atoms with van der Waals surface area (Å²) in [5.41, 5.74) is 5.02. The minimum absolute atomic E-state index is 0.332. The number of phenols is 1. The number of phenolic OH excluding ortho intramolecular Hbond substituents is 1. The van der Waals surface area contributed by atoms with Crippen molar-refractivity contribution in [3.8, 4) is 17.2 Å². The van der Waals surface area contributed by atoms with E-state index in [4.69, 9.17) is 9.47 Å². The molecule has 4 unspecified atom stereocenters. The average Bonchev–Trinajstić information content (AvgIpc) is 2.81. The first-order chi connectivity index (χ1) is 15.2. The van der Waals surface area contributed by atoms with Crippen LogP contribution in [-0.4, -0.2) is 32.7 Å². The minimum atomic E-state index is -0.332. The van der Waals surface area contributed by atoms with Gasteiger partial charge in [0.1, 0.15) is 23.5 Å². The van der Waals surface area contributed by atoms with Gasteiger partial charge in [-0.15, -0.1) is 27.7 Å². The van der Waals surface area contributed by atoms with E-state index in [1.54, 1.807) is 14.2 Å². The molecule has 4 rings (SSSR count). The summed E-state index contributed by atoms with van der Waals surface area (Å²) in [5, 5.41) is 12.0. The van der Waals surface area contributed by atoms with Crippen LogP contribution in [0.5, 0.6) is 17.2 Å². The summed E-state index contributed by atoms with van der Waals surface area (Å²) < 4.78 is 10.8. The molecule has 0 aliphatic carbocycles. The smallest absolute Gasteiger partial charge is 0.132 e. The van der Waals surface area contributed by atoms with Crippen LogP contribution >= 0.6 is 27.7 Å². The maximum absolute atomic E-state index is 11.8. The molecular formula is C24H28NO4P3. The number of anilines is 2. The fourth-order valence-corrected chi connectivity index (χ4v) is 4.80. The van der Waals surface area contributed by atoms with Crippen molar-refractivity contribution in [1.29, 1.82) is 0 Å². The lowest BCUT2D eigenvalue weighted by Gasteiger charge is -2.35. The van der Waals surface area contributed by atoms with Gasteiger partial charge in [-0.05, 0) is 35.5 Å².